The van der Waals surface area contributed by atoms with Crippen LogP contribution in [-0.4, -0.2) is 18.1 Å². The lowest BCUT2D eigenvalue weighted by molar-refractivity contribution is 0.576. The van der Waals surface area contributed by atoms with Crippen molar-refractivity contribution < 1.29 is 0 Å². The molecule has 1 aliphatic rings. The van der Waals surface area contributed by atoms with Gasteiger partial charge >= 0.3 is 0 Å². The van der Waals surface area contributed by atoms with Crippen LogP contribution in [0.3, 0.4) is 0 Å². The zero-order valence-electron chi connectivity index (χ0n) is 14.5. The highest BCUT2D eigenvalue weighted by atomic mass is 35.5. The van der Waals surface area contributed by atoms with Crippen LogP contribution in [0.4, 0.5) is 5.69 Å². The smallest absolute Gasteiger partial charge is 0.0429 e. The zero-order chi connectivity index (χ0) is 16.2. The van der Waals surface area contributed by atoms with Gasteiger partial charge in [-0.1, -0.05) is 42.5 Å². The molecule has 0 radical (unpaired) electrons. The molecule has 1 fully saturated rings. The number of halogens is 1. The number of benzene rings is 2. The molecular formula is C22H25ClN2. The summed E-state index contributed by atoms with van der Waals surface area (Å²) in [6.45, 7) is 2.37. The van der Waals surface area contributed by atoms with Crippen molar-refractivity contribution in [3.63, 3.8) is 0 Å². The first-order chi connectivity index (χ1) is 11.9. The lowest BCUT2D eigenvalue weighted by atomic mass is 9.98. The molecule has 1 aromatic heterocycles. The predicted molar refractivity (Wildman–Crippen MR) is 109 cm³/mol. The Hall–Kier alpha value is -2.06. The van der Waals surface area contributed by atoms with E-state index in [1.165, 1.54) is 59.9 Å². The molecule has 0 aliphatic carbocycles. The first-order valence-electron chi connectivity index (χ1n) is 9.06. The van der Waals surface area contributed by atoms with Crippen LogP contribution in [0, 0.1) is 0 Å². The molecule has 0 bridgehead atoms. The number of fused-ring (bicyclic) bond motifs is 1. The molecule has 3 heteroatoms. The lowest BCUT2D eigenvalue weighted by Crippen LogP contribution is -2.30. The minimum Gasteiger partial charge on any atom is -0.371 e. The fourth-order valence-electron chi connectivity index (χ4n) is 3.84. The Morgan fingerprint density at radius 2 is 1.56 bits per heavy atom. The SMILES string of the molecule is Cl.c1ccc2c(CCc3cnccc3N3CCCCC3)cccc2c1. The Bertz CT molecular complexity index is 820. The van der Waals surface area contributed by atoms with Gasteiger partial charge in [0.2, 0.25) is 0 Å². The minimum atomic E-state index is 0. The second-order valence-electron chi connectivity index (χ2n) is 6.69. The first kappa shape index (κ1) is 17.8. The number of aryl methyl sites for hydroxylation is 2. The average Bonchev–Trinajstić information content (AvgIpc) is 2.67. The summed E-state index contributed by atoms with van der Waals surface area (Å²) in [4.78, 5) is 6.93. The van der Waals surface area contributed by atoms with Crippen molar-refractivity contribution >= 4 is 28.9 Å². The second kappa shape index (κ2) is 8.35. The van der Waals surface area contributed by atoms with Crippen molar-refractivity contribution in [3.8, 4) is 0 Å². The van der Waals surface area contributed by atoms with E-state index in [4.69, 9.17) is 0 Å². The fraction of sp³-hybridized carbons (Fsp3) is 0.318. The van der Waals surface area contributed by atoms with E-state index in [1.54, 1.807) is 0 Å². The Morgan fingerprint density at radius 1 is 0.800 bits per heavy atom. The van der Waals surface area contributed by atoms with E-state index in [1.807, 2.05) is 6.20 Å². The largest absolute Gasteiger partial charge is 0.371 e. The molecule has 2 heterocycles. The van der Waals surface area contributed by atoms with Crippen LogP contribution in [0.25, 0.3) is 10.8 Å². The number of pyridine rings is 1. The second-order valence-corrected chi connectivity index (χ2v) is 6.69. The van der Waals surface area contributed by atoms with Crippen LogP contribution >= 0.6 is 12.4 Å². The van der Waals surface area contributed by atoms with Gasteiger partial charge in [0, 0.05) is 31.2 Å². The topological polar surface area (TPSA) is 16.1 Å². The Balaban J connectivity index is 0.00000182. The summed E-state index contributed by atoms with van der Waals surface area (Å²) in [5.41, 5.74) is 4.21. The summed E-state index contributed by atoms with van der Waals surface area (Å²) in [5.74, 6) is 0. The number of anilines is 1. The molecule has 2 nitrogen and oxygen atoms in total. The predicted octanol–water partition coefficient (Wildman–Crippen LogP) is 5.43. The van der Waals surface area contributed by atoms with Crippen molar-refractivity contribution in [2.24, 2.45) is 0 Å². The molecule has 0 N–H and O–H groups in total. The van der Waals surface area contributed by atoms with Crippen molar-refractivity contribution in [3.05, 3.63) is 72.1 Å². The van der Waals surface area contributed by atoms with Gasteiger partial charge in [0.1, 0.15) is 0 Å². The van der Waals surface area contributed by atoms with E-state index in [2.05, 4.69) is 64.6 Å². The van der Waals surface area contributed by atoms with Gasteiger partial charge < -0.3 is 4.90 Å². The molecule has 3 aromatic rings. The molecule has 0 saturated carbocycles. The van der Waals surface area contributed by atoms with Crippen LogP contribution in [0.15, 0.2) is 60.9 Å². The third-order valence-electron chi connectivity index (χ3n) is 5.12. The minimum absolute atomic E-state index is 0. The van der Waals surface area contributed by atoms with Crippen LogP contribution in [0.1, 0.15) is 30.4 Å². The molecule has 4 rings (SSSR count). The van der Waals surface area contributed by atoms with Crippen LogP contribution in [0.2, 0.25) is 0 Å². The summed E-state index contributed by atoms with van der Waals surface area (Å²) >= 11 is 0. The Labute approximate surface area is 156 Å². The molecular weight excluding hydrogens is 328 g/mol. The maximum Gasteiger partial charge on any atom is 0.0429 e. The summed E-state index contributed by atoms with van der Waals surface area (Å²) < 4.78 is 0. The third-order valence-corrected chi connectivity index (χ3v) is 5.12. The number of hydrogen-bond acceptors (Lipinski definition) is 2. The van der Waals surface area contributed by atoms with E-state index in [0.717, 1.165) is 12.8 Å². The van der Waals surface area contributed by atoms with Crippen LogP contribution in [0.5, 0.6) is 0 Å². The maximum absolute atomic E-state index is 4.39. The summed E-state index contributed by atoms with van der Waals surface area (Å²) in [6.07, 6.45) is 10.1. The van der Waals surface area contributed by atoms with Crippen molar-refractivity contribution in [1.29, 1.82) is 0 Å². The normalized spacial score (nSPS) is 14.3. The summed E-state index contributed by atoms with van der Waals surface area (Å²) in [7, 11) is 0. The van der Waals surface area contributed by atoms with Crippen molar-refractivity contribution in [2.75, 3.05) is 18.0 Å². The molecule has 0 unspecified atom stereocenters. The Kier molecular flexibility index (Phi) is 5.93. The van der Waals surface area contributed by atoms with Gasteiger partial charge in [-0.25, -0.2) is 0 Å². The molecule has 130 valence electrons. The quantitative estimate of drug-likeness (QED) is 0.622. The summed E-state index contributed by atoms with van der Waals surface area (Å²) in [5, 5.41) is 2.71. The third kappa shape index (κ3) is 3.96. The Morgan fingerprint density at radius 3 is 2.44 bits per heavy atom. The number of aromatic nitrogens is 1. The van der Waals surface area contributed by atoms with Crippen LogP contribution < -0.4 is 4.90 Å². The average molecular weight is 353 g/mol. The fourth-order valence-corrected chi connectivity index (χ4v) is 3.84. The maximum atomic E-state index is 4.39. The molecule has 1 saturated heterocycles. The van der Waals surface area contributed by atoms with Gasteiger partial charge in [0.15, 0.2) is 0 Å². The number of nitrogens with zero attached hydrogens (tertiary/aromatic N) is 2. The van der Waals surface area contributed by atoms with Crippen molar-refractivity contribution in [2.45, 2.75) is 32.1 Å². The summed E-state index contributed by atoms with van der Waals surface area (Å²) in [6, 6.07) is 17.5. The highest BCUT2D eigenvalue weighted by molar-refractivity contribution is 5.86. The van der Waals surface area contributed by atoms with Gasteiger partial charge in [-0.3, -0.25) is 4.98 Å². The van der Waals surface area contributed by atoms with Gasteiger partial charge in [-0.05, 0) is 60.1 Å². The van der Waals surface area contributed by atoms with Gasteiger partial charge in [-0.15, -0.1) is 12.4 Å². The molecule has 0 amide bonds. The monoisotopic (exact) mass is 352 g/mol. The highest BCUT2D eigenvalue weighted by Crippen LogP contribution is 2.26. The van der Waals surface area contributed by atoms with E-state index in [-0.39, 0.29) is 12.4 Å². The van der Waals surface area contributed by atoms with E-state index < -0.39 is 0 Å². The lowest BCUT2D eigenvalue weighted by Gasteiger charge is -2.30. The molecule has 1 aliphatic heterocycles. The van der Waals surface area contributed by atoms with E-state index in [9.17, 15) is 0 Å². The van der Waals surface area contributed by atoms with E-state index in [0.29, 0.717) is 0 Å². The number of piperidine rings is 1. The van der Waals surface area contributed by atoms with Crippen molar-refractivity contribution in [1.82, 2.24) is 4.98 Å². The highest BCUT2D eigenvalue weighted by Gasteiger charge is 2.14. The number of rotatable bonds is 4. The van der Waals surface area contributed by atoms with E-state index >= 15 is 0 Å². The van der Waals surface area contributed by atoms with Gasteiger partial charge in [0.05, 0.1) is 0 Å². The standard InChI is InChI=1S/C22H24N2.ClH/c1-4-15-24(16-5-1)22-13-14-23-17-20(22)12-11-19-9-6-8-18-7-2-3-10-21(18)19;/h2-3,6-10,13-14,17H,1,4-5,11-12,15-16H2;1H. The molecule has 0 atom stereocenters. The molecule has 2 aromatic carbocycles. The number of hydrogen-bond donors (Lipinski definition) is 0. The molecule has 0 spiro atoms. The zero-order valence-corrected chi connectivity index (χ0v) is 15.3. The van der Waals surface area contributed by atoms with Gasteiger partial charge in [0.25, 0.3) is 0 Å². The first-order valence-corrected chi connectivity index (χ1v) is 9.06. The van der Waals surface area contributed by atoms with Gasteiger partial charge in [-0.2, -0.15) is 0 Å². The molecule has 25 heavy (non-hydrogen) atoms. The van der Waals surface area contributed by atoms with Crippen LogP contribution in [-0.2, 0) is 12.8 Å².